The summed E-state index contributed by atoms with van der Waals surface area (Å²) < 4.78 is 2.02. The second-order valence-corrected chi connectivity index (χ2v) is 7.06. The van der Waals surface area contributed by atoms with E-state index in [4.69, 9.17) is 5.73 Å². The average molecular weight is 413 g/mol. The summed E-state index contributed by atoms with van der Waals surface area (Å²) in [5.41, 5.74) is 8.12. The third-order valence-electron chi connectivity index (χ3n) is 4.99. The molecule has 1 aliphatic rings. The Labute approximate surface area is 173 Å². The van der Waals surface area contributed by atoms with Gasteiger partial charge in [0, 0.05) is 25.7 Å². The smallest absolute Gasteiger partial charge is 0.237 e. The van der Waals surface area contributed by atoms with Crippen molar-refractivity contribution in [2.24, 2.45) is 11.7 Å². The van der Waals surface area contributed by atoms with E-state index in [1.165, 1.54) is 31.2 Å². The molecule has 1 saturated carbocycles. The van der Waals surface area contributed by atoms with Gasteiger partial charge in [0.15, 0.2) is 0 Å². The Morgan fingerprint density at radius 2 is 1.93 bits per heavy atom. The van der Waals surface area contributed by atoms with Crippen molar-refractivity contribution in [2.45, 2.75) is 51.1 Å². The average Bonchev–Trinajstić information content (AvgIpc) is 3.28. The maximum absolute atomic E-state index is 12.1. The third-order valence-corrected chi connectivity index (χ3v) is 4.99. The van der Waals surface area contributed by atoms with E-state index < -0.39 is 6.04 Å². The first-order valence-corrected chi connectivity index (χ1v) is 9.28. The molecule has 7 heteroatoms. The van der Waals surface area contributed by atoms with Gasteiger partial charge in [0.25, 0.3) is 0 Å². The first-order valence-electron chi connectivity index (χ1n) is 9.28. The fraction of sp³-hybridized carbons (Fsp3) is 0.500. The highest BCUT2D eigenvalue weighted by molar-refractivity contribution is 5.85. The molecule has 0 radical (unpaired) electrons. The SMILES string of the molecule is Cl.Cl.N[C@@H](Cc1cn(Cc2ccccc2)cn1)C(=O)NCCC1CCCC1. The Morgan fingerprint density at radius 3 is 2.63 bits per heavy atom. The number of nitrogens with one attached hydrogen (secondary N) is 1. The standard InChI is InChI=1S/C20H28N4O.2ClH/c21-19(20(25)22-11-10-16-6-4-5-7-16)12-18-14-24(15-23-18)13-17-8-2-1-3-9-17;;/h1-3,8-9,14-16,19H,4-7,10-13,21H2,(H,22,25);2*1H/t19-;;/m0../s1. The number of nitrogens with two attached hydrogens (primary N) is 1. The van der Waals surface area contributed by atoms with Crippen LogP contribution in [0.3, 0.4) is 0 Å². The minimum atomic E-state index is -0.538. The normalized spacial score (nSPS) is 14.9. The number of benzene rings is 1. The Bertz CT molecular complexity index is 672. The van der Waals surface area contributed by atoms with E-state index in [2.05, 4.69) is 22.4 Å². The maximum Gasteiger partial charge on any atom is 0.237 e. The molecule has 2 aromatic rings. The van der Waals surface area contributed by atoms with Crippen LogP contribution < -0.4 is 11.1 Å². The summed E-state index contributed by atoms with van der Waals surface area (Å²) in [4.78, 5) is 16.5. The van der Waals surface area contributed by atoms with E-state index >= 15 is 0 Å². The Morgan fingerprint density at radius 1 is 1.22 bits per heavy atom. The van der Waals surface area contributed by atoms with Gasteiger partial charge < -0.3 is 15.6 Å². The van der Waals surface area contributed by atoms with Crippen molar-refractivity contribution in [3.05, 3.63) is 54.1 Å². The molecule has 0 bridgehead atoms. The van der Waals surface area contributed by atoms with Crippen molar-refractivity contribution in [1.29, 1.82) is 0 Å². The lowest BCUT2D eigenvalue weighted by Crippen LogP contribution is -2.42. The topological polar surface area (TPSA) is 72.9 Å². The number of hydrogen-bond donors (Lipinski definition) is 2. The summed E-state index contributed by atoms with van der Waals surface area (Å²) in [5.74, 6) is 0.709. The van der Waals surface area contributed by atoms with Crippen LogP contribution >= 0.6 is 24.8 Å². The van der Waals surface area contributed by atoms with Crippen LogP contribution in [-0.4, -0.2) is 28.0 Å². The molecule has 0 saturated heterocycles. The first kappa shape index (κ1) is 23.5. The summed E-state index contributed by atoms with van der Waals surface area (Å²) in [6.45, 7) is 1.51. The number of hydrogen-bond acceptors (Lipinski definition) is 3. The second-order valence-electron chi connectivity index (χ2n) is 7.06. The van der Waals surface area contributed by atoms with E-state index in [1.54, 1.807) is 6.33 Å². The lowest BCUT2D eigenvalue weighted by atomic mass is 10.0. The van der Waals surface area contributed by atoms with Gasteiger partial charge in [-0.05, 0) is 17.9 Å². The van der Waals surface area contributed by atoms with E-state index in [0.717, 1.165) is 31.1 Å². The Hall–Kier alpha value is -1.56. The van der Waals surface area contributed by atoms with Crippen LogP contribution in [0.5, 0.6) is 0 Å². The number of imidazole rings is 1. The minimum Gasteiger partial charge on any atom is -0.355 e. The van der Waals surface area contributed by atoms with Crippen molar-refractivity contribution in [2.75, 3.05) is 6.54 Å². The summed E-state index contributed by atoms with van der Waals surface area (Å²) >= 11 is 0. The molecule has 1 fully saturated rings. The summed E-state index contributed by atoms with van der Waals surface area (Å²) in [6, 6.07) is 9.70. The molecule has 1 atom stereocenters. The Balaban J connectivity index is 0.00000182. The van der Waals surface area contributed by atoms with Crippen LogP contribution in [0.4, 0.5) is 0 Å². The molecule has 3 N–H and O–H groups in total. The van der Waals surface area contributed by atoms with E-state index in [9.17, 15) is 4.79 Å². The molecule has 0 unspecified atom stereocenters. The quantitative estimate of drug-likeness (QED) is 0.697. The molecule has 5 nitrogen and oxygen atoms in total. The molecule has 150 valence electrons. The molecule has 0 aliphatic heterocycles. The van der Waals surface area contributed by atoms with Gasteiger partial charge in [-0.15, -0.1) is 24.8 Å². The van der Waals surface area contributed by atoms with Crippen molar-refractivity contribution in [3.63, 3.8) is 0 Å². The summed E-state index contributed by atoms with van der Waals surface area (Å²) in [5, 5.41) is 2.98. The highest BCUT2D eigenvalue weighted by atomic mass is 35.5. The zero-order chi connectivity index (χ0) is 17.5. The number of aromatic nitrogens is 2. The number of nitrogens with zero attached hydrogens (tertiary/aromatic N) is 2. The molecule has 27 heavy (non-hydrogen) atoms. The molecular formula is C20H30Cl2N4O. The number of halogens is 2. The van der Waals surface area contributed by atoms with E-state index in [1.807, 2.05) is 29.0 Å². The number of rotatable bonds is 8. The fourth-order valence-electron chi connectivity index (χ4n) is 3.54. The van der Waals surface area contributed by atoms with Crippen molar-refractivity contribution in [1.82, 2.24) is 14.9 Å². The largest absolute Gasteiger partial charge is 0.355 e. The predicted octanol–water partition coefficient (Wildman–Crippen LogP) is 3.34. The van der Waals surface area contributed by atoms with Crippen LogP contribution in [0, 0.1) is 5.92 Å². The molecule has 1 aromatic carbocycles. The molecule has 3 rings (SSSR count). The highest BCUT2D eigenvalue weighted by Crippen LogP contribution is 2.26. The van der Waals surface area contributed by atoms with Crippen molar-refractivity contribution in [3.8, 4) is 0 Å². The Kier molecular flexibility index (Phi) is 10.4. The molecule has 0 spiro atoms. The zero-order valence-electron chi connectivity index (χ0n) is 15.5. The van der Waals surface area contributed by atoms with Crippen molar-refractivity contribution < 1.29 is 4.79 Å². The van der Waals surface area contributed by atoms with Gasteiger partial charge in [-0.2, -0.15) is 0 Å². The maximum atomic E-state index is 12.1. The van der Waals surface area contributed by atoms with E-state index in [0.29, 0.717) is 6.42 Å². The fourth-order valence-corrected chi connectivity index (χ4v) is 3.54. The minimum absolute atomic E-state index is 0. The van der Waals surface area contributed by atoms with Gasteiger partial charge >= 0.3 is 0 Å². The van der Waals surface area contributed by atoms with Gasteiger partial charge in [-0.25, -0.2) is 4.98 Å². The number of carbonyl (C=O) groups is 1. The lowest BCUT2D eigenvalue weighted by Gasteiger charge is -2.13. The molecule has 1 aromatic heterocycles. The van der Waals surface area contributed by atoms with Gasteiger partial charge in [0.1, 0.15) is 0 Å². The zero-order valence-corrected chi connectivity index (χ0v) is 17.2. The predicted molar refractivity (Wildman–Crippen MR) is 114 cm³/mol. The molecule has 1 amide bonds. The van der Waals surface area contributed by atoms with Crippen LogP contribution in [0.15, 0.2) is 42.9 Å². The van der Waals surface area contributed by atoms with E-state index in [-0.39, 0.29) is 30.7 Å². The van der Waals surface area contributed by atoms with Crippen molar-refractivity contribution >= 4 is 30.7 Å². The summed E-state index contributed by atoms with van der Waals surface area (Å²) in [6.07, 6.45) is 10.6. The molecule has 1 aliphatic carbocycles. The van der Waals surface area contributed by atoms with Gasteiger partial charge in [-0.3, -0.25) is 4.79 Å². The van der Waals surface area contributed by atoms with Gasteiger partial charge in [0.2, 0.25) is 5.91 Å². The van der Waals surface area contributed by atoms with Crippen LogP contribution in [-0.2, 0) is 17.8 Å². The van der Waals surface area contributed by atoms with Crippen LogP contribution in [0.1, 0.15) is 43.4 Å². The summed E-state index contributed by atoms with van der Waals surface area (Å²) in [7, 11) is 0. The van der Waals surface area contributed by atoms with Gasteiger partial charge in [0.05, 0.1) is 18.1 Å². The highest BCUT2D eigenvalue weighted by Gasteiger charge is 2.18. The monoisotopic (exact) mass is 412 g/mol. The number of carbonyl (C=O) groups excluding carboxylic acids is 1. The molecular weight excluding hydrogens is 383 g/mol. The molecule has 1 heterocycles. The van der Waals surface area contributed by atoms with Crippen LogP contribution in [0.2, 0.25) is 0 Å². The van der Waals surface area contributed by atoms with Crippen LogP contribution in [0.25, 0.3) is 0 Å². The lowest BCUT2D eigenvalue weighted by molar-refractivity contribution is -0.122. The van der Waals surface area contributed by atoms with Gasteiger partial charge in [-0.1, -0.05) is 56.0 Å². The number of amides is 1. The first-order chi connectivity index (χ1) is 12.2. The third kappa shape index (κ3) is 7.53. The second kappa shape index (κ2) is 12.0.